The van der Waals surface area contributed by atoms with E-state index < -0.39 is 0 Å². The van der Waals surface area contributed by atoms with E-state index in [-0.39, 0.29) is 113 Å². The number of anilines is 9. The molecule has 0 amide bonds. The molecule has 8 heterocycles. The minimum Gasteiger partial charge on any atom is -0.507 e. The summed E-state index contributed by atoms with van der Waals surface area (Å²) in [6.07, 6.45) is 13.9. The van der Waals surface area contributed by atoms with Crippen LogP contribution >= 0.6 is 0 Å². The Morgan fingerprint density at radius 3 is 0.894 bits per heavy atom. The molecule has 0 radical (unpaired) electrons. The van der Waals surface area contributed by atoms with E-state index in [0.29, 0.717) is 45.4 Å². The van der Waals surface area contributed by atoms with E-state index in [0.717, 1.165) is 107 Å². The number of hydrogen-bond donors (Lipinski definition) is 3. The fourth-order valence-electron chi connectivity index (χ4n) is 16.2. The topological polar surface area (TPSA) is 186 Å². The van der Waals surface area contributed by atoms with E-state index >= 15 is 0 Å². The monoisotopic (exact) mass is 2390 g/mol. The van der Waals surface area contributed by atoms with Crippen LogP contribution in [0.15, 0.2) is 365 Å². The molecule has 0 fully saturated rings. The molecule has 0 saturated heterocycles. The standard InChI is InChI=1S/3C41H39N4O.3Pt/c1-40(2,3)31-22-29(23-32(27-31)41(4,5)6)30-25-36(44-37(26-30)35-18-10-11-19-38(35)46)28-14-12-17-34(24-28)45(33-15-8-7-9-16-33)39-42-20-13-21-43-39;1-40(2,3)31-21-29(22-32(26-31)41(4,5)6)30-24-36(44-37(25-30)35-27-42-20-18-38(35)46)28-13-12-16-34(23-28)45(33-14-8-7-9-15-33)39-17-10-11-19-43-39;1-40(2,3)31-20-28(21-32(25-31)41(4,5)6)29-23-36(44-37(24-29)35-16-10-11-17-38(35)46)30-22-34(27-42-26-30)45(33-14-8-7-9-15-33)39-18-12-13-19-43-39;;;/h7-23,25-27,46H,1-6H3;7-22,24-27H,1-6H3,(H,42,46);7-21,23-27,46H,1-6H3;;;/q3*-1;;;. The minimum atomic E-state index is -0.0369. The molecule has 3 N–H and O–H groups in total. The van der Waals surface area contributed by atoms with Crippen molar-refractivity contribution in [2.45, 2.75) is 157 Å². The summed E-state index contributed by atoms with van der Waals surface area (Å²) in [4.78, 5) is 48.8. The normalized spacial score (nSPS) is 11.5. The third-order valence-corrected chi connectivity index (χ3v) is 24.2. The number of nitrogens with zero attached hydrogens (tertiary/aromatic N) is 12. The zero-order valence-electron chi connectivity index (χ0n) is 82.8. The second-order valence-corrected chi connectivity index (χ2v) is 40.9. The van der Waals surface area contributed by atoms with Gasteiger partial charge in [0.25, 0.3) is 0 Å². The number of phenols is 2. The van der Waals surface area contributed by atoms with E-state index in [1.807, 2.05) is 210 Å². The van der Waals surface area contributed by atoms with Gasteiger partial charge < -0.3 is 30.1 Å². The van der Waals surface area contributed by atoms with Crippen molar-refractivity contribution in [3.63, 3.8) is 0 Å². The van der Waals surface area contributed by atoms with Crippen LogP contribution in [0.2, 0.25) is 0 Å². The maximum atomic E-state index is 10.9. The van der Waals surface area contributed by atoms with Crippen LogP contribution in [0.5, 0.6) is 17.2 Å². The van der Waals surface area contributed by atoms with Gasteiger partial charge in [-0.1, -0.05) is 295 Å². The zero-order valence-corrected chi connectivity index (χ0v) is 89.6. The fourth-order valence-corrected chi connectivity index (χ4v) is 16.2. The Hall–Kier alpha value is -13.8. The summed E-state index contributed by atoms with van der Waals surface area (Å²) >= 11 is 0. The first-order chi connectivity index (χ1) is 65.9. The van der Waals surface area contributed by atoms with Gasteiger partial charge in [-0.3, -0.25) is 24.8 Å². The van der Waals surface area contributed by atoms with Crippen molar-refractivity contribution in [2.75, 3.05) is 14.7 Å². The van der Waals surface area contributed by atoms with E-state index in [4.69, 9.17) is 15.0 Å². The largest absolute Gasteiger partial charge is 0.507 e. The maximum absolute atomic E-state index is 10.9. The molecule has 720 valence electrons. The Bertz CT molecular complexity index is 6420. The quantitative estimate of drug-likeness (QED) is 0.0688. The predicted octanol–water partition coefficient (Wildman–Crippen LogP) is 31.3. The molecule has 0 atom stereocenters. The average Bonchev–Trinajstić information content (AvgIpc) is 0.775. The second-order valence-electron chi connectivity index (χ2n) is 40.9. The van der Waals surface area contributed by atoms with Gasteiger partial charge in [-0.05, 0) is 255 Å². The molecule has 18 rings (SSSR count). The van der Waals surface area contributed by atoms with Gasteiger partial charge in [-0.15, -0.1) is 71.3 Å². The first-order valence-electron chi connectivity index (χ1n) is 46.8. The maximum Gasteiger partial charge on any atom is 0.233 e. The van der Waals surface area contributed by atoms with Crippen molar-refractivity contribution in [1.82, 2.24) is 44.9 Å². The molecule has 15 nitrogen and oxygen atoms in total. The number of hydrogen-bond acceptors (Lipinski definition) is 15. The molecule has 10 aromatic carbocycles. The van der Waals surface area contributed by atoms with Gasteiger partial charge in [0, 0.05) is 129 Å². The van der Waals surface area contributed by atoms with Crippen molar-refractivity contribution >= 4 is 51.7 Å². The second kappa shape index (κ2) is 44.3. The van der Waals surface area contributed by atoms with Crippen molar-refractivity contribution in [3.8, 4) is 118 Å². The molecular formula is C123H117N12O3Pt3-3. The molecular weight excluding hydrogens is 2280 g/mol. The summed E-state index contributed by atoms with van der Waals surface area (Å²) in [5.41, 5.74) is 27.4. The molecule has 0 aliphatic carbocycles. The van der Waals surface area contributed by atoms with Gasteiger partial charge in [-0.25, -0.2) is 19.9 Å². The van der Waals surface area contributed by atoms with Gasteiger partial charge in [-0.2, -0.15) is 0 Å². The molecule has 141 heavy (non-hydrogen) atoms. The van der Waals surface area contributed by atoms with Crippen molar-refractivity contribution < 1.29 is 78.5 Å². The Morgan fingerprint density at radius 2 is 0.532 bits per heavy atom. The number of benzene rings is 10. The number of rotatable bonds is 18. The molecule has 0 aliphatic rings. The number of para-hydroxylation sites is 5. The van der Waals surface area contributed by atoms with Gasteiger partial charge >= 0.3 is 0 Å². The summed E-state index contributed by atoms with van der Waals surface area (Å²) < 4.78 is 0. The van der Waals surface area contributed by atoms with Crippen LogP contribution in [0, 0.1) is 18.2 Å². The first kappa shape index (κ1) is 105. The summed E-state index contributed by atoms with van der Waals surface area (Å²) in [6.45, 7) is 40.5. The fraction of sp³-hybridized carbons (Fsp3) is 0.195. The molecule has 18 aromatic rings. The van der Waals surface area contributed by atoms with Crippen LogP contribution in [0.1, 0.15) is 158 Å². The Balaban J connectivity index is 0.000000176. The molecule has 18 heteroatoms. The Morgan fingerprint density at radius 1 is 0.227 bits per heavy atom. The Labute approximate surface area is 874 Å². The summed E-state index contributed by atoms with van der Waals surface area (Å²) in [6, 6.07) is 116. The molecule has 0 bridgehead atoms. The van der Waals surface area contributed by atoms with Crippen molar-refractivity contribution in [2.24, 2.45) is 0 Å². The summed E-state index contributed by atoms with van der Waals surface area (Å²) in [5, 5.41) is 32.6. The van der Waals surface area contributed by atoms with E-state index in [1.165, 1.54) is 33.4 Å². The summed E-state index contributed by atoms with van der Waals surface area (Å²) in [7, 11) is 0. The van der Waals surface area contributed by atoms with E-state index in [1.54, 1.807) is 67.8 Å². The van der Waals surface area contributed by atoms with Crippen molar-refractivity contribution in [3.05, 3.63) is 417 Å². The smallest absolute Gasteiger partial charge is 0.233 e. The minimum absolute atomic E-state index is 0. The van der Waals surface area contributed by atoms with Gasteiger partial charge in [0.15, 0.2) is 0 Å². The third-order valence-electron chi connectivity index (χ3n) is 24.2. The van der Waals surface area contributed by atoms with Crippen LogP contribution in [-0.4, -0.2) is 60.2 Å². The SMILES string of the molecule is CC(C)(C)c1cc(-c2cc(-c3[c-]c(N(c4ccccc4)c4ccccn4)ccc3)nc(-c3cnccc3O)c2)cc(C(C)(C)C)c1.CC(C)(C)c1cc(-c2cc(-c3[c-]c(N(c4ccccc4)c4ccccn4)cnc3)nc(-c3ccccc3O)c2)cc(C(C)(C)C)c1.CC(C)(C)c1cc(-c2cc(-c3[c-]c(N(c4ccccc4)c4ncccn4)ccc3)nc(-c3ccccc3O)c2)cc(C(C)(C)C)c1.[Pt].[Pt].[Pt]. The van der Waals surface area contributed by atoms with Crippen LogP contribution < -0.4 is 14.7 Å². The average molecular weight is 2400 g/mol. The predicted molar refractivity (Wildman–Crippen MR) is 566 cm³/mol. The first-order valence-corrected chi connectivity index (χ1v) is 46.8. The van der Waals surface area contributed by atoms with Gasteiger partial charge in [0.1, 0.15) is 28.9 Å². The number of pyridine rings is 7. The van der Waals surface area contributed by atoms with Crippen LogP contribution in [0.4, 0.5) is 51.7 Å². The number of aromatic hydroxyl groups is 3. The van der Waals surface area contributed by atoms with Crippen LogP contribution in [0.25, 0.3) is 101 Å². The van der Waals surface area contributed by atoms with Crippen molar-refractivity contribution in [1.29, 1.82) is 0 Å². The third kappa shape index (κ3) is 25.3. The molecule has 0 unspecified atom stereocenters. The number of phenolic OH excluding ortho intramolecular Hbond substituents is 2. The van der Waals surface area contributed by atoms with Crippen LogP contribution in [-0.2, 0) is 95.7 Å². The van der Waals surface area contributed by atoms with Crippen LogP contribution in [0.3, 0.4) is 0 Å². The number of aromatic nitrogens is 9. The summed E-state index contributed by atoms with van der Waals surface area (Å²) in [5.74, 6) is 2.59. The molecule has 8 aromatic heterocycles. The molecule has 0 spiro atoms. The molecule has 0 saturated carbocycles. The van der Waals surface area contributed by atoms with Gasteiger partial charge in [0.05, 0.1) is 22.6 Å². The van der Waals surface area contributed by atoms with E-state index in [9.17, 15) is 15.3 Å². The molecule has 0 aliphatic heterocycles. The van der Waals surface area contributed by atoms with Gasteiger partial charge in [0.2, 0.25) is 5.95 Å². The zero-order chi connectivity index (χ0) is 97.4. The van der Waals surface area contributed by atoms with E-state index in [2.05, 4.69) is 275 Å². The Kier molecular flexibility index (Phi) is 32.9.